The Morgan fingerprint density at radius 2 is 1.67 bits per heavy atom. The van der Waals surface area contributed by atoms with Crippen LogP contribution in [0, 0.1) is 6.17 Å². The fraction of sp³-hybridized carbons (Fsp3) is 0. The summed E-state index contributed by atoms with van der Waals surface area (Å²) in [4.78, 5) is 3.11. The van der Waals surface area contributed by atoms with Crippen molar-refractivity contribution in [3.05, 3.63) is 47.6 Å². The van der Waals surface area contributed by atoms with Gasteiger partial charge in [-0.1, -0.05) is 29.1 Å². The molecule has 1 fully saturated rings. The average molecular weight is 208 g/mol. The van der Waals surface area contributed by atoms with E-state index < -0.39 is 0 Å². The van der Waals surface area contributed by atoms with Crippen LogP contribution in [0.5, 0.6) is 0 Å². The minimum Gasteiger partial charge on any atom is -0.361 e. The summed E-state index contributed by atoms with van der Waals surface area (Å²) in [5.41, 5.74) is 23.6. The van der Waals surface area contributed by atoms with Crippen molar-refractivity contribution < 1.29 is 34.3 Å². The maximum atomic E-state index is 8.80. The van der Waals surface area contributed by atoms with Crippen molar-refractivity contribution in [3.8, 4) is 0 Å². The van der Waals surface area contributed by atoms with E-state index in [2.05, 4.69) is 26.7 Å². The second kappa shape index (κ2) is 6.12. The number of hydrogen-bond acceptors (Lipinski definition) is 0. The molecule has 1 aromatic carbocycles. The quantitative estimate of drug-likeness (QED) is 0.208. The molecule has 0 atom stereocenters. The number of hydrogen-bond donors (Lipinski definition) is 0. The smallest absolute Gasteiger partial charge is 0.361 e. The third kappa shape index (κ3) is 2.94. The van der Waals surface area contributed by atoms with Gasteiger partial charge in [0.15, 0.2) is 0 Å². The number of rotatable bonds is 2. The maximum Gasteiger partial charge on any atom is 1.00 e. The molecule has 0 aliphatic carbocycles. The van der Waals surface area contributed by atoms with Crippen LogP contribution in [-0.2, 0) is 0 Å². The average Bonchev–Trinajstić information content (AvgIpc) is 2.74. The molecule has 7 heteroatoms. The Morgan fingerprint density at radius 1 is 1.07 bits per heavy atom. The predicted octanol–water partition coefficient (Wildman–Crippen LogP) is -3.62. The van der Waals surface area contributed by atoms with E-state index in [9.17, 15) is 0 Å². The van der Waals surface area contributed by atoms with Gasteiger partial charge in [0, 0.05) is 0 Å². The zero-order chi connectivity index (χ0) is 9.80. The normalized spacial score (nSPS) is 15.5. The van der Waals surface area contributed by atoms with Gasteiger partial charge >= 0.3 is 35.3 Å². The van der Waals surface area contributed by atoms with E-state index in [-0.39, 0.29) is 41.4 Å². The molecule has 2 rings (SSSR count). The summed E-state index contributed by atoms with van der Waals surface area (Å²) >= 11 is 0. The Labute approximate surface area is 109 Å². The van der Waals surface area contributed by atoms with Gasteiger partial charge in [-0.2, -0.15) is 4.79 Å². The minimum atomic E-state index is 0. The van der Waals surface area contributed by atoms with Crippen molar-refractivity contribution in [1.82, 2.24) is 21.9 Å². The van der Waals surface area contributed by atoms with Gasteiger partial charge in [0.2, 0.25) is 0 Å². The van der Waals surface area contributed by atoms with Crippen LogP contribution >= 0.6 is 0 Å². The maximum absolute atomic E-state index is 8.80. The largest absolute Gasteiger partial charge is 1.00 e. The number of benzene rings is 1. The molecule has 1 aliphatic heterocycles. The summed E-state index contributed by atoms with van der Waals surface area (Å²) in [7, 11) is 0. The first-order valence-corrected chi connectivity index (χ1v) is 3.88. The molecule has 0 saturated carbocycles. The molecule has 67 valence electrons. The molecular weight excluding hydrogens is 203 g/mol. The van der Waals surface area contributed by atoms with Gasteiger partial charge in [-0.3, -0.25) is 0 Å². The van der Waals surface area contributed by atoms with E-state index in [1.54, 1.807) is 12.1 Å². The summed E-state index contributed by atoms with van der Waals surface area (Å²) in [6.07, 6.45) is 0.207. The van der Waals surface area contributed by atoms with Crippen molar-refractivity contribution in [3.63, 3.8) is 0 Å². The van der Waals surface area contributed by atoms with Crippen molar-refractivity contribution in [2.45, 2.75) is 0 Å². The van der Waals surface area contributed by atoms with E-state index in [1.807, 2.05) is 18.2 Å². The van der Waals surface area contributed by atoms with Crippen LogP contribution in [0.4, 0.5) is 0 Å². The Morgan fingerprint density at radius 3 is 2.20 bits per heavy atom. The summed E-state index contributed by atoms with van der Waals surface area (Å²) in [5, 5.41) is 0. The summed E-state index contributed by atoms with van der Waals surface area (Å²) in [5.74, 6) is 0. The molecule has 0 bridgehead atoms. The van der Waals surface area contributed by atoms with E-state index in [0.717, 1.165) is 0 Å². The fourth-order valence-corrected chi connectivity index (χ4v) is 1.07. The standard InChI is InChI=1S/C8H5N6.Na/c9-10-7(8-11-13-14-12-8)6-4-2-1-3-5-6;/h1-5H;/q;+1. The van der Waals surface area contributed by atoms with Gasteiger partial charge in [0.1, 0.15) is 0 Å². The van der Waals surface area contributed by atoms with Crippen LogP contribution in [0.1, 0.15) is 5.56 Å². The molecule has 0 aromatic heterocycles. The third-order valence-corrected chi connectivity index (χ3v) is 1.68. The van der Waals surface area contributed by atoms with Gasteiger partial charge in [0.25, 0.3) is 6.17 Å². The van der Waals surface area contributed by atoms with Crippen molar-refractivity contribution in [2.75, 3.05) is 0 Å². The van der Waals surface area contributed by atoms with Gasteiger partial charge in [0.05, 0.1) is 5.56 Å². The van der Waals surface area contributed by atoms with Crippen LogP contribution in [-0.4, -0.2) is 10.5 Å². The molecule has 0 unspecified atom stereocenters. The van der Waals surface area contributed by atoms with E-state index in [4.69, 9.17) is 5.53 Å². The minimum absolute atomic E-state index is 0. The van der Waals surface area contributed by atoms with E-state index in [0.29, 0.717) is 5.56 Å². The molecule has 1 heterocycles. The van der Waals surface area contributed by atoms with Gasteiger partial charge in [-0.15, -0.1) is 0 Å². The summed E-state index contributed by atoms with van der Waals surface area (Å²) in [6, 6.07) is 9.08. The zero-order valence-electron chi connectivity index (χ0n) is 8.07. The Bertz CT molecular complexity index is 355. The SMILES string of the molecule is [N-]=[N+]=C([C]1[N][N][N][N]1)c1ccccc1.[Na+]. The molecule has 1 aromatic rings. The predicted molar refractivity (Wildman–Crippen MR) is 45.9 cm³/mol. The van der Waals surface area contributed by atoms with E-state index >= 15 is 0 Å². The summed E-state index contributed by atoms with van der Waals surface area (Å²) < 4.78 is 0. The van der Waals surface area contributed by atoms with Gasteiger partial charge < -0.3 is 5.53 Å². The second-order valence-electron chi connectivity index (χ2n) is 2.52. The second-order valence-corrected chi connectivity index (χ2v) is 2.52. The molecule has 0 N–H and O–H groups in total. The molecule has 5 radical (unpaired) electrons. The van der Waals surface area contributed by atoms with Crippen LogP contribution in [0.2, 0.25) is 0 Å². The molecule has 6 nitrogen and oxygen atoms in total. The van der Waals surface area contributed by atoms with Crippen molar-refractivity contribution >= 4 is 5.71 Å². The fourth-order valence-electron chi connectivity index (χ4n) is 1.07. The first kappa shape index (κ1) is 12.5. The molecule has 0 spiro atoms. The Kier molecular flexibility index (Phi) is 5.10. The molecular formula is C8H5N6Na+. The van der Waals surface area contributed by atoms with Crippen molar-refractivity contribution in [1.29, 1.82) is 0 Å². The van der Waals surface area contributed by atoms with Crippen molar-refractivity contribution in [2.24, 2.45) is 0 Å². The first-order chi connectivity index (χ1) is 6.92. The summed E-state index contributed by atoms with van der Waals surface area (Å²) in [6.45, 7) is 0. The van der Waals surface area contributed by atoms with E-state index in [1.165, 1.54) is 0 Å². The topological polar surface area (TPSA) is 92.8 Å². The van der Waals surface area contributed by atoms with Crippen LogP contribution in [0.3, 0.4) is 0 Å². The third-order valence-electron chi connectivity index (χ3n) is 1.68. The zero-order valence-corrected chi connectivity index (χ0v) is 10.1. The molecule has 15 heavy (non-hydrogen) atoms. The molecule has 0 amide bonds. The first-order valence-electron chi connectivity index (χ1n) is 3.88. The molecule has 1 saturated heterocycles. The molecule has 1 aliphatic rings. The monoisotopic (exact) mass is 208 g/mol. The number of nitrogens with zero attached hydrogens (tertiary/aromatic N) is 6. The van der Waals surface area contributed by atoms with Gasteiger partial charge in [-0.25, -0.2) is 0 Å². The van der Waals surface area contributed by atoms with Crippen LogP contribution in [0.25, 0.3) is 5.53 Å². The Hall–Kier alpha value is -0.560. The Balaban J connectivity index is 0.00000112. The van der Waals surface area contributed by atoms with Crippen LogP contribution < -0.4 is 51.5 Å². The van der Waals surface area contributed by atoms with Gasteiger partial charge in [-0.05, 0) is 23.2 Å². The van der Waals surface area contributed by atoms with Crippen LogP contribution in [0.15, 0.2) is 30.3 Å².